The molecule has 0 unspecified atom stereocenters. The van der Waals surface area contributed by atoms with Gasteiger partial charge in [0.2, 0.25) is 5.88 Å². The molecule has 0 saturated heterocycles. The lowest BCUT2D eigenvalue weighted by molar-refractivity contribution is -0.146. The number of aromatic nitrogens is 4. The lowest BCUT2D eigenvalue weighted by Crippen LogP contribution is -2.28. The van der Waals surface area contributed by atoms with Gasteiger partial charge in [0.15, 0.2) is 5.78 Å². The number of hydrogen-bond acceptors (Lipinski definition) is 7. The first-order valence-corrected chi connectivity index (χ1v) is 13.6. The molecule has 0 aliphatic rings. The molecule has 0 aliphatic heterocycles. The van der Waals surface area contributed by atoms with Crippen molar-refractivity contribution in [3.8, 4) is 22.9 Å². The first kappa shape index (κ1) is 28.5. The third-order valence-electron chi connectivity index (χ3n) is 7.24. The number of ether oxygens (including phenoxy) is 2. The molecule has 3 heterocycles. The highest BCUT2D eigenvalue weighted by atomic mass is 16.5. The molecule has 9 heteroatoms. The van der Waals surface area contributed by atoms with Crippen molar-refractivity contribution in [1.29, 1.82) is 0 Å². The molecule has 9 nitrogen and oxygen atoms in total. The lowest BCUT2D eigenvalue weighted by atomic mass is 9.86. The fraction of sp³-hybridized carbons (Fsp3) is 0.242. The Morgan fingerprint density at radius 3 is 2.38 bits per heavy atom. The van der Waals surface area contributed by atoms with Gasteiger partial charge in [0, 0.05) is 53.0 Å². The van der Waals surface area contributed by atoms with Crippen LogP contribution in [0.15, 0.2) is 79.0 Å². The summed E-state index contributed by atoms with van der Waals surface area (Å²) in [6.45, 7) is 5.59. The van der Waals surface area contributed by atoms with Gasteiger partial charge in [-0.3, -0.25) is 14.6 Å². The van der Waals surface area contributed by atoms with Gasteiger partial charge in [0.25, 0.3) is 0 Å². The fourth-order valence-electron chi connectivity index (χ4n) is 4.91. The molecule has 0 radical (unpaired) electrons. The number of Topliss-reactive ketones (excluding diaryl/α,β-unsaturated/α-hetero) is 1. The van der Waals surface area contributed by atoms with Crippen LogP contribution in [0.25, 0.3) is 22.2 Å². The summed E-state index contributed by atoms with van der Waals surface area (Å²) in [6.07, 6.45) is 1.89. The molecule has 0 bridgehead atoms. The van der Waals surface area contributed by atoms with E-state index in [1.54, 1.807) is 33.2 Å². The molecule has 42 heavy (non-hydrogen) atoms. The van der Waals surface area contributed by atoms with E-state index in [-0.39, 0.29) is 18.8 Å². The van der Waals surface area contributed by atoms with Crippen molar-refractivity contribution in [3.63, 3.8) is 0 Å². The minimum Gasteiger partial charge on any atom is -0.487 e. The number of fused-ring (bicyclic) bond motifs is 1. The SMILES string of the molecule is COc1ccc(-c2ccc(Cn3c(CC(C)(C)C(=O)O)c(C(C)=O)c4cc(OCc5ccccn5)ccc43)cc2)nn1. The van der Waals surface area contributed by atoms with E-state index in [1.807, 2.05) is 71.3 Å². The average Bonchev–Trinajstić information content (AvgIpc) is 3.28. The Labute approximate surface area is 243 Å². The maximum Gasteiger partial charge on any atom is 0.309 e. The molecule has 3 aromatic heterocycles. The van der Waals surface area contributed by atoms with Crippen LogP contribution in [0.1, 0.15) is 48.1 Å². The van der Waals surface area contributed by atoms with E-state index in [0.29, 0.717) is 29.4 Å². The van der Waals surface area contributed by atoms with Crippen molar-refractivity contribution in [3.05, 3.63) is 102 Å². The quantitative estimate of drug-likeness (QED) is 0.195. The number of benzene rings is 2. The van der Waals surface area contributed by atoms with E-state index >= 15 is 0 Å². The Hall–Kier alpha value is -5.05. The predicted octanol–water partition coefficient (Wildman–Crippen LogP) is 5.99. The van der Waals surface area contributed by atoms with Crippen molar-refractivity contribution in [1.82, 2.24) is 19.7 Å². The second-order valence-corrected chi connectivity index (χ2v) is 10.8. The van der Waals surface area contributed by atoms with E-state index in [1.165, 1.54) is 6.92 Å². The summed E-state index contributed by atoms with van der Waals surface area (Å²) < 4.78 is 13.2. The van der Waals surface area contributed by atoms with Gasteiger partial charge in [-0.2, -0.15) is 0 Å². The standard InChI is InChI=1S/C33H32N4O5/c1-21(38)31-26-17-25(42-20-24-7-5-6-16-34-24)12-14-28(26)37(29(31)18-33(2,3)32(39)40)19-22-8-10-23(11-9-22)27-13-15-30(41-4)36-35-27/h5-17H,18-20H2,1-4H3,(H,39,40). The van der Waals surface area contributed by atoms with Crippen LogP contribution in [0.3, 0.4) is 0 Å². The van der Waals surface area contributed by atoms with E-state index in [2.05, 4.69) is 15.2 Å². The normalized spacial score (nSPS) is 11.4. The Bertz CT molecular complexity index is 1730. The molecular formula is C33H32N4O5. The summed E-state index contributed by atoms with van der Waals surface area (Å²) in [5, 5.41) is 18.9. The summed E-state index contributed by atoms with van der Waals surface area (Å²) in [5.41, 5.74) is 4.31. The van der Waals surface area contributed by atoms with Crippen molar-refractivity contribution in [2.24, 2.45) is 5.41 Å². The van der Waals surface area contributed by atoms with Gasteiger partial charge in [-0.15, -0.1) is 10.2 Å². The highest BCUT2D eigenvalue weighted by Crippen LogP contribution is 2.35. The molecule has 0 amide bonds. The van der Waals surface area contributed by atoms with Gasteiger partial charge in [-0.1, -0.05) is 30.3 Å². The van der Waals surface area contributed by atoms with Gasteiger partial charge in [0.05, 0.1) is 23.9 Å². The molecule has 0 aliphatic carbocycles. The summed E-state index contributed by atoms with van der Waals surface area (Å²) in [7, 11) is 1.54. The van der Waals surface area contributed by atoms with Gasteiger partial charge in [-0.05, 0) is 62.7 Å². The van der Waals surface area contributed by atoms with Crippen LogP contribution in [0.5, 0.6) is 11.6 Å². The highest BCUT2D eigenvalue weighted by Gasteiger charge is 2.32. The highest BCUT2D eigenvalue weighted by molar-refractivity contribution is 6.09. The van der Waals surface area contributed by atoms with Gasteiger partial charge < -0.3 is 19.1 Å². The molecule has 0 saturated carbocycles. The Morgan fingerprint density at radius 2 is 1.76 bits per heavy atom. The zero-order valence-corrected chi connectivity index (χ0v) is 24.0. The van der Waals surface area contributed by atoms with E-state index < -0.39 is 11.4 Å². The number of carboxylic acid groups (broad SMARTS) is 1. The van der Waals surface area contributed by atoms with Crippen LogP contribution in [-0.4, -0.2) is 43.7 Å². The molecule has 0 spiro atoms. The minimum absolute atomic E-state index is 0.134. The smallest absolute Gasteiger partial charge is 0.309 e. The minimum atomic E-state index is -1.09. The van der Waals surface area contributed by atoms with Crippen molar-refractivity contribution in [2.75, 3.05) is 7.11 Å². The average molecular weight is 565 g/mol. The fourth-order valence-corrected chi connectivity index (χ4v) is 4.91. The number of nitrogens with zero attached hydrogens (tertiary/aromatic N) is 4. The molecule has 5 rings (SSSR count). The third-order valence-corrected chi connectivity index (χ3v) is 7.24. The van der Waals surface area contributed by atoms with Crippen LogP contribution in [0.2, 0.25) is 0 Å². The number of carbonyl (C=O) groups excluding carboxylic acids is 1. The van der Waals surface area contributed by atoms with Gasteiger partial charge in [0.1, 0.15) is 12.4 Å². The van der Waals surface area contributed by atoms with Crippen LogP contribution < -0.4 is 9.47 Å². The van der Waals surface area contributed by atoms with Gasteiger partial charge in [-0.25, -0.2) is 0 Å². The molecular weight excluding hydrogens is 532 g/mol. The number of ketones is 1. The zero-order valence-electron chi connectivity index (χ0n) is 24.0. The van der Waals surface area contributed by atoms with Crippen molar-refractivity contribution in [2.45, 2.75) is 40.3 Å². The second kappa shape index (κ2) is 11.8. The van der Waals surface area contributed by atoms with Crippen LogP contribution in [0.4, 0.5) is 0 Å². The number of methoxy groups -OCH3 is 1. The van der Waals surface area contributed by atoms with E-state index in [0.717, 1.165) is 33.4 Å². The van der Waals surface area contributed by atoms with E-state index in [4.69, 9.17) is 9.47 Å². The first-order chi connectivity index (χ1) is 20.2. The molecule has 5 aromatic rings. The first-order valence-electron chi connectivity index (χ1n) is 13.6. The molecule has 0 fully saturated rings. The molecule has 2 aromatic carbocycles. The van der Waals surface area contributed by atoms with Gasteiger partial charge >= 0.3 is 5.97 Å². The van der Waals surface area contributed by atoms with Crippen LogP contribution in [-0.2, 0) is 24.4 Å². The van der Waals surface area contributed by atoms with Crippen LogP contribution >= 0.6 is 0 Å². The molecule has 214 valence electrons. The predicted molar refractivity (Wildman–Crippen MR) is 159 cm³/mol. The van der Waals surface area contributed by atoms with Crippen molar-refractivity contribution < 1.29 is 24.2 Å². The summed E-state index contributed by atoms with van der Waals surface area (Å²) >= 11 is 0. The Morgan fingerprint density at radius 1 is 0.976 bits per heavy atom. The largest absolute Gasteiger partial charge is 0.487 e. The number of pyridine rings is 1. The van der Waals surface area contributed by atoms with Crippen molar-refractivity contribution >= 4 is 22.7 Å². The second-order valence-electron chi connectivity index (χ2n) is 10.8. The summed E-state index contributed by atoms with van der Waals surface area (Å²) in [6, 6.07) is 22.8. The molecule has 0 atom stereocenters. The number of carbonyl (C=O) groups is 2. The zero-order chi connectivity index (χ0) is 29.9. The number of aliphatic carboxylic acids is 1. The molecule has 1 N–H and O–H groups in total. The summed E-state index contributed by atoms with van der Waals surface area (Å²) in [4.78, 5) is 29.6. The maximum absolute atomic E-state index is 13.1. The monoisotopic (exact) mass is 564 g/mol. The Balaban J connectivity index is 1.54. The number of rotatable bonds is 11. The topological polar surface area (TPSA) is 116 Å². The third kappa shape index (κ3) is 6.00. The number of carboxylic acids is 1. The lowest BCUT2D eigenvalue weighted by Gasteiger charge is -2.22. The Kier molecular flexibility index (Phi) is 8.01. The maximum atomic E-state index is 13.1. The van der Waals surface area contributed by atoms with Crippen LogP contribution in [0, 0.1) is 5.41 Å². The summed E-state index contributed by atoms with van der Waals surface area (Å²) in [5.74, 6) is -0.0246. The number of hydrogen-bond donors (Lipinski definition) is 1. The van der Waals surface area contributed by atoms with E-state index in [9.17, 15) is 14.7 Å².